The summed E-state index contributed by atoms with van der Waals surface area (Å²) < 4.78 is 51.8. The summed E-state index contributed by atoms with van der Waals surface area (Å²) in [6.07, 6.45) is 7.83. The van der Waals surface area contributed by atoms with Crippen LogP contribution < -0.4 is 35.8 Å². The number of fused-ring (bicyclic) bond motifs is 1. The second kappa shape index (κ2) is 20.4. The fourth-order valence-electron chi connectivity index (χ4n) is 11.2. The van der Waals surface area contributed by atoms with E-state index in [1.54, 1.807) is 11.1 Å². The van der Waals surface area contributed by atoms with Gasteiger partial charge in [0.25, 0.3) is 0 Å². The Morgan fingerprint density at radius 3 is 2.31 bits per heavy atom. The second-order valence-electron chi connectivity index (χ2n) is 19.4. The predicted octanol–water partition coefficient (Wildman–Crippen LogP) is 8.37. The molecule has 10 rings (SSSR count). The first kappa shape index (κ1) is 48.9. The number of rotatable bonds is 13. The fourth-order valence-corrected chi connectivity index (χ4v) is 14.8. The van der Waals surface area contributed by atoms with Crippen molar-refractivity contribution in [3.8, 4) is 5.75 Å². The quantitative estimate of drug-likeness (QED) is 0.0762. The van der Waals surface area contributed by atoms with Crippen molar-refractivity contribution >= 4 is 91.5 Å². The lowest BCUT2D eigenvalue weighted by molar-refractivity contribution is -0.138. The number of hydrogen-bond donors (Lipinski definition) is 3. The molecule has 5 aliphatic heterocycles. The molecule has 5 aliphatic rings. The highest BCUT2D eigenvalue weighted by molar-refractivity contribution is 9.10. The number of nitrogens with one attached hydrogen (secondary N) is 3. The van der Waals surface area contributed by atoms with E-state index in [9.17, 15) is 18.9 Å². The maximum Gasteiger partial charge on any atom is 0.234 e. The van der Waals surface area contributed by atoms with Crippen molar-refractivity contribution in [1.82, 2.24) is 30.1 Å². The van der Waals surface area contributed by atoms with E-state index in [1.807, 2.05) is 43.0 Å². The van der Waals surface area contributed by atoms with E-state index in [1.165, 1.54) is 17.7 Å². The number of amides is 3. The van der Waals surface area contributed by atoms with Crippen LogP contribution in [0.15, 0.2) is 59.2 Å². The maximum absolute atomic E-state index is 15.2. The number of nitrogens with zero attached hydrogens (tertiary/aromatic N) is 7. The van der Waals surface area contributed by atoms with Gasteiger partial charge in [-0.2, -0.15) is 4.98 Å². The molecule has 3 amide bonds. The lowest BCUT2D eigenvalue weighted by Crippen LogP contribution is -2.59. The summed E-state index contributed by atoms with van der Waals surface area (Å²) >= 11 is 3.66. The average Bonchev–Trinajstić information content (AvgIpc) is 3.79. The number of piperazine rings is 1. The van der Waals surface area contributed by atoms with Gasteiger partial charge in [0.05, 0.1) is 39.8 Å². The van der Waals surface area contributed by atoms with E-state index < -0.39 is 36.5 Å². The number of benzene rings is 3. The van der Waals surface area contributed by atoms with Gasteiger partial charge in [-0.3, -0.25) is 29.6 Å². The van der Waals surface area contributed by atoms with Crippen LogP contribution in [-0.2, 0) is 25.4 Å². The molecule has 71 heavy (non-hydrogen) atoms. The van der Waals surface area contributed by atoms with E-state index in [0.717, 1.165) is 97.2 Å². The van der Waals surface area contributed by atoms with Crippen molar-refractivity contribution in [3.63, 3.8) is 0 Å². The van der Waals surface area contributed by atoms with Crippen LogP contribution in [0.2, 0.25) is 0 Å². The van der Waals surface area contributed by atoms with Gasteiger partial charge >= 0.3 is 0 Å². The van der Waals surface area contributed by atoms with E-state index in [4.69, 9.17) is 14.7 Å². The zero-order valence-corrected chi connectivity index (χ0v) is 42.9. The Morgan fingerprint density at radius 1 is 0.887 bits per heavy atom. The summed E-state index contributed by atoms with van der Waals surface area (Å²) in [5, 5.41) is 10.9. The van der Waals surface area contributed by atoms with Gasteiger partial charge < -0.3 is 34.6 Å². The lowest BCUT2D eigenvalue weighted by Gasteiger charge is -2.46. The van der Waals surface area contributed by atoms with Crippen molar-refractivity contribution in [2.45, 2.75) is 77.7 Å². The maximum atomic E-state index is 15.2. The van der Waals surface area contributed by atoms with Crippen LogP contribution in [0.1, 0.15) is 75.1 Å². The first-order valence-corrected chi connectivity index (χ1v) is 27.9. The van der Waals surface area contributed by atoms with Gasteiger partial charge in [0.15, 0.2) is 0 Å². The smallest absolute Gasteiger partial charge is 0.234 e. The van der Waals surface area contributed by atoms with E-state index >= 15 is 8.78 Å². The first-order valence-electron chi connectivity index (χ1n) is 25.0. The number of carbonyl (C=O) groups is 3. The van der Waals surface area contributed by atoms with Gasteiger partial charge in [0, 0.05) is 123 Å². The van der Waals surface area contributed by atoms with E-state index in [-0.39, 0.29) is 30.2 Å². The molecule has 3 N–H and O–H groups in total. The molecule has 374 valence electrons. The number of aromatic nitrogens is 3. The average molecular weight is 1050 g/mol. The van der Waals surface area contributed by atoms with E-state index in [0.29, 0.717) is 78.8 Å². The molecule has 0 radical (unpaired) electrons. The molecule has 19 heteroatoms. The Hall–Kier alpha value is -5.71. The Morgan fingerprint density at radius 2 is 1.62 bits per heavy atom. The molecule has 3 aromatic carbocycles. The summed E-state index contributed by atoms with van der Waals surface area (Å²) in [6, 6.07) is 15.1. The monoisotopic (exact) mass is 1050 g/mol. The van der Waals surface area contributed by atoms with Gasteiger partial charge in [0.2, 0.25) is 23.7 Å². The lowest BCUT2D eigenvalue weighted by atomic mass is 9.89. The molecular formula is C52H60BrF2N10O5P. The Bertz CT molecular complexity index is 2910. The summed E-state index contributed by atoms with van der Waals surface area (Å²) in [6.45, 7) is 11.9. The highest BCUT2D eigenvalue weighted by atomic mass is 79.9. The number of halogens is 3. The van der Waals surface area contributed by atoms with Crippen LogP contribution in [-0.4, -0.2) is 120 Å². The minimum atomic E-state index is -2.66. The standard InChI is InChI=1S/C52H60BrF2N10O5P/c1-4-32-24-43(59-52-56-28-38(53)49(61-52)58-42-12-11-41-36(9-8-31(3)57-41)48(42)71(69)22-6-7-23-71)45(70-5-2)27-44(32)63-16-14-34(15-17-63)62-18-20-64(21-19-62)51(68)33-29-65(30-33)35-25-39(54)47(40(55)26-35)37-10-13-46(66)60-50(37)67/h8-9,11-12,24-28,33-34,37H,4-7,10,13-23,29-30H2,1-3H3,(H,60,66,67)(H2,56,58,59,61). The highest BCUT2D eigenvalue weighted by Crippen LogP contribution is 2.54. The van der Waals surface area contributed by atoms with Crippen LogP contribution in [0.4, 0.5) is 43.3 Å². The van der Waals surface area contributed by atoms with Gasteiger partial charge in [0.1, 0.15) is 30.3 Å². The molecule has 5 aromatic rings. The third-order valence-electron chi connectivity index (χ3n) is 15.0. The largest absolute Gasteiger partial charge is 0.492 e. The van der Waals surface area contributed by atoms with Crippen LogP contribution in [0.5, 0.6) is 5.75 Å². The second-order valence-corrected chi connectivity index (χ2v) is 23.4. The molecule has 5 saturated heterocycles. The van der Waals surface area contributed by atoms with Gasteiger partial charge in [-0.1, -0.05) is 13.0 Å². The fraction of sp³-hybridized carbons (Fsp3) is 0.462. The zero-order chi connectivity index (χ0) is 49.6. The molecule has 15 nitrogen and oxygen atoms in total. The molecule has 5 fully saturated rings. The molecule has 1 atom stereocenters. The summed E-state index contributed by atoms with van der Waals surface area (Å²) in [7, 11) is -2.66. The van der Waals surface area contributed by atoms with Crippen molar-refractivity contribution in [1.29, 1.82) is 0 Å². The van der Waals surface area contributed by atoms with Crippen molar-refractivity contribution in [2.75, 3.05) is 91.7 Å². The summed E-state index contributed by atoms with van der Waals surface area (Å²) in [5.41, 5.74) is 5.62. The highest BCUT2D eigenvalue weighted by Gasteiger charge is 2.40. The number of carbonyl (C=O) groups excluding carboxylic acids is 3. The number of anilines is 6. The molecular weight excluding hydrogens is 994 g/mol. The van der Waals surface area contributed by atoms with Crippen LogP contribution in [0.25, 0.3) is 10.9 Å². The van der Waals surface area contributed by atoms with Crippen LogP contribution in [0, 0.1) is 24.5 Å². The summed E-state index contributed by atoms with van der Waals surface area (Å²) in [4.78, 5) is 60.4. The first-order chi connectivity index (χ1) is 34.3. The number of aryl methyl sites for hydroxylation is 2. The Labute approximate surface area is 421 Å². The number of piperidine rings is 2. The third kappa shape index (κ3) is 9.96. The van der Waals surface area contributed by atoms with Gasteiger partial charge in [-0.15, -0.1) is 0 Å². The topological polar surface area (TPSA) is 165 Å². The van der Waals surface area contributed by atoms with Gasteiger partial charge in [-0.05, 0) is 110 Å². The van der Waals surface area contributed by atoms with Crippen molar-refractivity contribution in [2.24, 2.45) is 5.92 Å². The minimum Gasteiger partial charge on any atom is -0.492 e. The molecule has 7 heterocycles. The molecule has 0 aliphatic carbocycles. The summed E-state index contributed by atoms with van der Waals surface area (Å²) in [5.74, 6) is -2.38. The number of imide groups is 1. The normalized spacial score (nSPS) is 20.0. The van der Waals surface area contributed by atoms with E-state index in [2.05, 4.69) is 65.7 Å². The minimum absolute atomic E-state index is 0.0272. The van der Waals surface area contributed by atoms with Crippen molar-refractivity contribution < 1.29 is 32.5 Å². The van der Waals surface area contributed by atoms with Crippen LogP contribution in [0.3, 0.4) is 0 Å². The molecule has 0 saturated carbocycles. The number of ether oxygens (including phenoxy) is 1. The molecule has 2 aromatic heterocycles. The third-order valence-corrected chi connectivity index (χ3v) is 18.9. The Balaban J connectivity index is 0.750. The predicted molar refractivity (Wildman–Crippen MR) is 277 cm³/mol. The van der Waals surface area contributed by atoms with Gasteiger partial charge in [-0.25, -0.2) is 13.8 Å². The van der Waals surface area contributed by atoms with Crippen LogP contribution >= 0.6 is 23.1 Å². The number of hydrogen-bond acceptors (Lipinski definition) is 13. The van der Waals surface area contributed by atoms with Crippen molar-refractivity contribution in [3.05, 3.63) is 87.7 Å². The number of pyridine rings is 1. The molecule has 0 bridgehead atoms. The SMILES string of the molecule is CCOc1cc(N2CCC(N3CCN(C(=O)C4CN(c5cc(F)c(C6CCC(=O)NC6=O)c(F)c5)C4)CC3)CC2)c(CC)cc1Nc1ncc(Br)c(Nc2ccc3nc(C)ccc3c2P2(=O)CCCC2)n1. The zero-order valence-electron chi connectivity index (χ0n) is 40.4. The molecule has 0 spiro atoms. The Kier molecular flexibility index (Phi) is 14.1. The molecule has 1 unspecified atom stereocenters.